The van der Waals surface area contributed by atoms with E-state index >= 15 is 0 Å². The molecule has 0 unspecified atom stereocenters. The van der Waals surface area contributed by atoms with E-state index < -0.39 is 0 Å². The van der Waals surface area contributed by atoms with Crippen molar-refractivity contribution in [3.63, 3.8) is 0 Å². The zero-order chi connectivity index (χ0) is 12.3. The Morgan fingerprint density at radius 3 is 2.76 bits per heavy atom. The summed E-state index contributed by atoms with van der Waals surface area (Å²) < 4.78 is 12.5. The van der Waals surface area contributed by atoms with Crippen LogP contribution in [0.5, 0.6) is 11.5 Å². The maximum atomic E-state index is 5.63. The number of nitrogens with zero attached hydrogens (tertiary/aromatic N) is 2. The van der Waals surface area contributed by atoms with Crippen molar-refractivity contribution in [3.05, 3.63) is 36.2 Å². The topological polar surface area (TPSA) is 62.3 Å². The van der Waals surface area contributed by atoms with Gasteiger partial charge in [0.2, 0.25) is 0 Å². The standard InChI is InChI=1S/C12H15N3O2/c1-15-7-9(14-12(15)13)8-17-11-5-3-4-10(6-11)16-2/h3-7H,8H2,1-2H3,(H2,13,14). The van der Waals surface area contributed by atoms with Gasteiger partial charge in [0, 0.05) is 19.3 Å². The first-order valence-corrected chi connectivity index (χ1v) is 5.23. The summed E-state index contributed by atoms with van der Waals surface area (Å²) in [5.74, 6) is 1.99. The minimum atomic E-state index is 0.387. The number of imidazole rings is 1. The molecule has 1 aromatic heterocycles. The largest absolute Gasteiger partial charge is 0.497 e. The molecule has 0 fully saturated rings. The van der Waals surface area contributed by atoms with Crippen molar-refractivity contribution >= 4 is 5.95 Å². The zero-order valence-corrected chi connectivity index (χ0v) is 9.88. The third-order valence-corrected chi connectivity index (χ3v) is 2.39. The van der Waals surface area contributed by atoms with Gasteiger partial charge in [0.15, 0.2) is 5.95 Å². The number of aryl methyl sites for hydroxylation is 1. The second-order valence-corrected chi connectivity index (χ2v) is 3.67. The molecule has 0 radical (unpaired) electrons. The number of anilines is 1. The van der Waals surface area contributed by atoms with E-state index in [1.54, 1.807) is 11.7 Å². The molecule has 1 heterocycles. The Kier molecular flexibility index (Phi) is 3.18. The lowest BCUT2D eigenvalue weighted by molar-refractivity contribution is 0.299. The molecule has 1 aromatic carbocycles. The summed E-state index contributed by atoms with van der Waals surface area (Å²) in [4.78, 5) is 4.15. The number of ether oxygens (including phenoxy) is 2. The fourth-order valence-corrected chi connectivity index (χ4v) is 1.46. The molecule has 0 amide bonds. The molecule has 0 atom stereocenters. The third-order valence-electron chi connectivity index (χ3n) is 2.39. The van der Waals surface area contributed by atoms with E-state index in [4.69, 9.17) is 15.2 Å². The highest BCUT2D eigenvalue weighted by Gasteiger charge is 2.03. The van der Waals surface area contributed by atoms with Crippen LogP contribution in [0.1, 0.15) is 5.69 Å². The fourth-order valence-electron chi connectivity index (χ4n) is 1.46. The molecule has 2 aromatic rings. The summed E-state index contributed by atoms with van der Waals surface area (Å²) in [6, 6.07) is 7.44. The maximum absolute atomic E-state index is 5.63. The maximum Gasteiger partial charge on any atom is 0.200 e. The molecule has 90 valence electrons. The van der Waals surface area contributed by atoms with Gasteiger partial charge in [-0.2, -0.15) is 0 Å². The predicted molar refractivity (Wildman–Crippen MR) is 64.9 cm³/mol. The molecule has 2 N–H and O–H groups in total. The first-order valence-electron chi connectivity index (χ1n) is 5.23. The average Bonchev–Trinajstić information content (AvgIpc) is 2.67. The molecular formula is C12H15N3O2. The molecule has 0 aliphatic rings. The predicted octanol–water partition coefficient (Wildman–Crippen LogP) is 1.59. The van der Waals surface area contributed by atoms with E-state index in [1.807, 2.05) is 37.5 Å². The Hall–Kier alpha value is -2.17. The summed E-state index contributed by atoms with van der Waals surface area (Å²) in [5, 5.41) is 0. The fraction of sp³-hybridized carbons (Fsp3) is 0.250. The smallest absolute Gasteiger partial charge is 0.200 e. The second kappa shape index (κ2) is 4.78. The van der Waals surface area contributed by atoms with E-state index in [2.05, 4.69) is 4.98 Å². The molecule has 0 spiro atoms. The van der Waals surface area contributed by atoms with Gasteiger partial charge in [-0.3, -0.25) is 0 Å². The molecular weight excluding hydrogens is 218 g/mol. The highest BCUT2D eigenvalue weighted by atomic mass is 16.5. The zero-order valence-electron chi connectivity index (χ0n) is 9.88. The highest BCUT2D eigenvalue weighted by molar-refractivity contribution is 5.33. The molecule has 0 aliphatic carbocycles. The van der Waals surface area contributed by atoms with Gasteiger partial charge >= 0.3 is 0 Å². The first-order chi connectivity index (χ1) is 8.19. The van der Waals surface area contributed by atoms with E-state index in [-0.39, 0.29) is 0 Å². The number of benzene rings is 1. The molecule has 5 heteroatoms. The van der Waals surface area contributed by atoms with E-state index in [1.165, 1.54) is 0 Å². The van der Waals surface area contributed by atoms with Crippen molar-refractivity contribution in [2.24, 2.45) is 7.05 Å². The molecule has 0 bridgehead atoms. The summed E-state index contributed by atoms with van der Waals surface area (Å²) >= 11 is 0. The summed E-state index contributed by atoms with van der Waals surface area (Å²) in [6.07, 6.45) is 1.84. The van der Waals surface area contributed by atoms with Crippen LogP contribution >= 0.6 is 0 Å². The minimum absolute atomic E-state index is 0.387. The van der Waals surface area contributed by atoms with Crippen LogP contribution in [0.15, 0.2) is 30.5 Å². The normalized spacial score (nSPS) is 10.2. The van der Waals surface area contributed by atoms with Gasteiger partial charge in [0.05, 0.1) is 12.8 Å². The summed E-state index contributed by atoms with van der Waals surface area (Å²) in [6.45, 7) is 0.387. The van der Waals surface area contributed by atoms with Gasteiger partial charge in [-0.1, -0.05) is 6.07 Å². The Balaban J connectivity index is 2.01. The van der Waals surface area contributed by atoms with Gasteiger partial charge in [0.25, 0.3) is 0 Å². The van der Waals surface area contributed by atoms with Crippen molar-refractivity contribution in [1.29, 1.82) is 0 Å². The lowest BCUT2D eigenvalue weighted by Crippen LogP contribution is -1.96. The third kappa shape index (κ3) is 2.69. The van der Waals surface area contributed by atoms with Gasteiger partial charge in [-0.25, -0.2) is 4.98 Å². The average molecular weight is 233 g/mol. The monoisotopic (exact) mass is 233 g/mol. The van der Waals surface area contributed by atoms with Crippen LogP contribution in [0.25, 0.3) is 0 Å². The Morgan fingerprint density at radius 1 is 1.35 bits per heavy atom. The van der Waals surface area contributed by atoms with Gasteiger partial charge in [-0.05, 0) is 12.1 Å². The Morgan fingerprint density at radius 2 is 2.12 bits per heavy atom. The second-order valence-electron chi connectivity index (χ2n) is 3.67. The SMILES string of the molecule is COc1cccc(OCc2cn(C)c(N)n2)c1. The number of rotatable bonds is 4. The van der Waals surface area contributed by atoms with Gasteiger partial charge in [0.1, 0.15) is 18.1 Å². The van der Waals surface area contributed by atoms with Crippen LogP contribution in [0.2, 0.25) is 0 Å². The number of nitrogen functional groups attached to an aromatic ring is 1. The van der Waals surface area contributed by atoms with Crippen LogP contribution in [-0.4, -0.2) is 16.7 Å². The van der Waals surface area contributed by atoms with Crippen molar-refractivity contribution in [3.8, 4) is 11.5 Å². The number of methoxy groups -OCH3 is 1. The lowest BCUT2D eigenvalue weighted by atomic mass is 10.3. The van der Waals surface area contributed by atoms with Gasteiger partial charge in [-0.15, -0.1) is 0 Å². The van der Waals surface area contributed by atoms with Crippen LogP contribution in [0.3, 0.4) is 0 Å². The molecule has 0 saturated carbocycles. The van der Waals surface area contributed by atoms with Gasteiger partial charge < -0.3 is 19.8 Å². The number of aromatic nitrogens is 2. The van der Waals surface area contributed by atoms with Crippen molar-refractivity contribution in [2.45, 2.75) is 6.61 Å². The number of hydrogen-bond donors (Lipinski definition) is 1. The minimum Gasteiger partial charge on any atom is -0.497 e. The lowest BCUT2D eigenvalue weighted by Gasteiger charge is -2.05. The molecule has 17 heavy (non-hydrogen) atoms. The number of hydrogen-bond acceptors (Lipinski definition) is 4. The summed E-state index contributed by atoms with van der Waals surface area (Å²) in [5.41, 5.74) is 6.43. The van der Waals surface area contributed by atoms with E-state index in [0.717, 1.165) is 17.2 Å². The molecule has 0 saturated heterocycles. The van der Waals surface area contributed by atoms with Crippen LogP contribution in [-0.2, 0) is 13.7 Å². The highest BCUT2D eigenvalue weighted by Crippen LogP contribution is 2.19. The first kappa shape index (κ1) is 11.3. The Labute approximate surface area is 99.8 Å². The van der Waals surface area contributed by atoms with Crippen LogP contribution in [0.4, 0.5) is 5.95 Å². The molecule has 5 nitrogen and oxygen atoms in total. The van der Waals surface area contributed by atoms with E-state index in [9.17, 15) is 0 Å². The van der Waals surface area contributed by atoms with Crippen LogP contribution in [0, 0.1) is 0 Å². The quantitative estimate of drug-likeness (QED) is 0.871. The summed E-state index contributed by atoms with van der Waals surface area (Å²) in [7, 11) is 3.47. The Bertz CT molecular complexity index is 489. The van der Waals surface area contributed by atoms with E-state index in [0.29, 0.717) is 12.6 Å². The van der Waals surface area contributed by atoms with Crippen molar-refractivity contribution in [1.82, 2.24) is 9.55 Å². The van der Waals surface area contributed by atoms with Crippen molar-refractivity contribution in [2.75, 3.05) is 12.8 Å². The molecule has 2 rings (SSSR count). The molecule has 0 aliphatic heterocycles. The number of nitrogens with two attached hydrogens (primary N) is 1. The van der Waals surface area contributed by atoms with Crippen molar-refractivity contribution < 1.29 is 9.47 Å². The van der Waals surface area contributed by atoms with Crippen LogP contribution < -0.4 is 15.2 Å².